The Morgan fingerprint density at radius 1 is 1.12 bits per heavy atom. The molecular weight excluding hydrogens is 346 g/mol. The maximum Gasteiger partial charge on any atom is 0.230 e. The highest BCUT2D eigenvalue weighted by molar-refractivity contribution is 8.00. The van der Waals surface area contributed by atoms with Crippen molar-refractivity contribution >= 4 is 23.6 Å². The van der Waals surface area contributed by atoms with Gasteiger partial charge in [-0.1, -0.05) is 18.2 Å². The van der Waals surface area contributed by atoms with Crippen LogP contribution in [0.4, 0.5) is 5.95 Å². The van der Waals surface area contributed by atoms with Crippen molar-refractivity contribution in [1.29, 1.82) is 0 Å². The van der Waals surface area contributed by atoms with Gasteiger partial charge in [-0.15, -0.1) is 11.8 Å². The summed E-state index contributed by atoms with van der Waals surface area (Å²) in [4.78, 5) is 26.4. The SMILES string of the molecule is Cc1ccccc1SCC(=O)NCCN1CCN(c2ncccn2)CC1. The molecule has 0 aliphatic carbocycles. The molecule has 0 saturated carbocycles. The number of benzene rings is 1. The van der Waals surface area contributed by atoms with Gasteiger partial charge in [-0.25, -0.2) is 9.97 Å². The Hall–Kier alpha value is -2.12. The normalized spacial score (nSPS) is 15.0. The lowest BCUT2D eigenvalue weighted by atomic mass is 10.2. The van der Waals surface area contributed by atoms with Gasteiger partial charge >= 0.3 is 0 Å². The number of amides is 1. The lowest BCUT2D eigenvalue weighted by Crippen LogP contribution is -2.49. The first-order valence-electron chi connectivity index (χ1n) is 8.92. The van der Waals surface area contributed by atoms with Crippen molar-refractivity contribution in [3.8, 4) is 0 Å². The molecule has 6 nitrogen and oxygen atoms in total. The fraction of sp³-hybridized carbons (Fsp3) is 0.421. The van der Waals surface area contributed by atoms with Gasteiger partial charge in [0.15, 0.2) is 0 Å². The molecule has 1 N–H and O–H groups in total. The van der Waals surface area contributed by atoms with Crippen LogP contribution >= 0.6 is 11.8 Å². The Kier molecular flexibility index (Phi) is 6.85. The molecule has 2 heterocycles. The number of piperazine rings is 1. The van der Waals surface area contributed by atoms with Gasteiger partial charge in [0.1, 0.15) is 0 Å². The average Bonchev–Trinajstić information content (AvgIpc) is 2.69. The summed E-state index contributed by atoms with van der Waals surface area (Å²) in [5.41, 5.74) is 1.21. The van der Waals surface area contributed by atoms with E-state index in [4.69, 9.17) is 0 Å². The maximum atomic E-state index is 12.0. The molecule has 7 heteroatoms. The summed E-state index contributed by atoms with van der Waals surface area (Å²) in [6, 6.07) is 9.99. The van der Waals surface area contributed by atoms with Crippen LogP contribution in [-0.2, 0) is 4.79 Å². The second kappa shape index (κ2) is 9.54. The third-order valence-corrected chi connectivity index (χ3v) is 5.59. The predicted octanol–water partition coefficient (Wildman–Crippen LogP) is 1.82. The minimum Gasteiger partial charge on any atom is -0.354 e. The quantitative estimate of drug-likeness (QED) is 0.749. The molecule has 2 aromatic rings. The molecule has 1 aromatic heterocycles. The van der Waals surface area contributed by atoms with Crippen LogP contribution in [0.25, 0.3) is 0 Å². The number of carbonyl (C=O) groups excluding carboxylic acids is 1. The summed E-state index contributed by atoms with van der Waals surface area (Å²) in [6.45, 7) is 7.40. The number of nitrogens with one attached hydrogen (secondary N) is 1. The van der Waals surface area contributed by atoms with Crippen molar-refractivity contribution in [2.45, 2.75) is 11.8 Å². The number of rotatable bonds is 7. The van der Waals surface area contributed by atoms with Crippen LogP contribution in [0.3, 0.4) is 0 Å². The summed E-state index contributed by atoms with van der Waals surface area (Å²) in [7, 11) is 0. The molecule has 1 amide bonds. The van der Waals surface area contributed by atoms with E-state index in [0.717, 1.165) is 38.7 Å². The van der Waals surface area contributed by atoms with Crippen molar-refractivity contribution in [1.82, 2.24) is 20.2 Å². The van der Waals surface area contributed by atoms with E-state index in [0.29, 0.717) is 12.3 Å². The standard InChI is InChI=1S/C19H25N5OS/c1-16-5-2-3-6-17(16)26-15-18(25)20-9-10-23-11-13-24(14-12-23)19-21-7-4-8-22-19/h2-8H,9-15H2,1H3,(H,20,25). The molecule has 0 radical (unpaired) electrons. The molecule has 3 rings (SSSR count). The molecule has 26 heavy (non-hydrogen) atoms. The van der Waals surface area contributed by atoms with Gasteiger partial charge in [0.25, 0.3) is 0 Å². The molecule has 1 aliphatic rings. The Morgan fingerprint density at radius 2 is 1.85 bits per heavy atom. The lowest BCUT2D eigenvalue weighted by molar-refractivity contribution is -0.118. The van der Waals surface area contributed by atoms with Gasteiger partial charge in [-0.05, 0) is 24.6 Å². The smallest absolute Gasteiger partial charge is 0.230 e. The highest BCUT2D eigenvalue weighted by Gasteiger charge is 2.18. The van der Waals surface area contributed by atoms with Crippen LogP contribution in [0, 0.1) is 6.92 Å². The second-order valence-electron chi connectivity index (χ2n) is 6.28. The minimum absolute atomic E-state index is 0.0922. The molecule has 1 aliphatic heterocycles. The van der Waals surface area contributed by atoms with E-state index in [-0.39, 0.29) is 5.91 Å². The van der Waals surface area contributed by atoms with Crippen molar-refractivity contribution in [3.63, 3.8) is 0 Å². The molecule has 1 aromatic carbocycles. The summed E-state index contributed by atoms with van der Waals surface area (Å²) < 4.78 is 0. The summed E-state index contributed by atoms with van der Waals surface area (Å²) in [5.74, 6) is 1.35. The first-order valence-corrected chi connectivity index (χ1v) is 9.90. The van der Waals surface area contributed by atoms with Gasteiger partial charge < -0.3 is 10.2 Å². The number of carbonyl (C=O) groups is 1. The van der Waals surface area contributed by atoms with Crippen LogP contribution < -0.4 is 10.2 Å². The van der Waals surface area contributed by atoms with Crippen LogP contribution in [0.2, 0.25) is 0 Å². The molecule has 0 atom stereocenters. The molecule has 0 unspecified atom stereocenters. The molecular formula is C19H25N5OS. The Morgan fingerprint density at radius 3 is 2.58 bits per heavy atom. The van der Waals surface area contributed by atoms with E-state index in [2.05, 4.69) is 44.1 Å². The Bertz CT molecular complexity index is 704. The van der Waals surface area contributed by atoms with Crippen LogP contribution in [0.5, 0.6) is 0 Å². The molecule has 1 fully saturated rings. The van der Waals surface area contributed by atoms with Gasteiger partial charge in [-0.3, -0.25) is 9.69 Å². The second-order valence-corrected chi connectivity index (χ2v) is 7.30. The maximum absolute atomic E-state index is 12.0. The van der Waals surface area contributed by atoms with Crippen molar-refractivity contribution in [2.75, 3.05) is 49.9 Å². The predicted molar refractivity (Wildman–Crippen MR) is 106 cm³/mol. The lowest BCUT2D eigenvalue weighted by Gasteiger charge is -2.34. The van der Waals surface area contributed by atoms with E-state index in [1.54, 1.807) is 24.2 Å². The zero-order valence-corrected chi connectivity index (χ0v) is 15.9. The number of thioether (sulfide) groups is 1. The van der Waals surface area contributed by atoms with E-state index in [1.807, 2.05) is 18.2 Å². The largest absolute Gasteiger partial charge is 0.354 e. The van der Waals surface area contributed by atoms with Crippen molar-refractivity contribution in [2.24, 2.45) is 0 Å². The summed E-state index contributed by atoms with van der Waals surface area (Å²) >= 11 is 1.59. The molecule has 1 saturated heterocycles. The first kappa shape index (κ1) is 18.7. The van der Waals surface area contributed by atoms with E-state index in [9.17, 15) is 4.79 Å². The zero-order valence-electron chi connectivity index (χ0n) is 15.1. The highest BCUT2D eigenvalue weighted by Crippen LogP contribution is 2.21. The van der Waals surface area contributed by atoms with Gasteiger partial charge in [0.05, 0.1) is 5.75 Å². The Labute approximate surface area is 159 Å². The third-order valence-electron chi connectivity index (χ3n) is 4.41. The topological polar surface area (TPSA) is 61.4 Å². The van der Waals surface area contributed by atoms with Gasteiger partial charge in [0.2, 0.25) is 11.9 Å². The zero-order chi connectivity index (χ0) is 18.2. The van der Waals surface area contributed by atoms with Crippen LogP contribution in [0.15, 0.2) is 47.6 Å². The van der Waals surface area contributed by atoms with Gasteiger partial charge in [-0.2, -0.15) is 0 Å². The monoisotopic (exact) mass is 371 g/mol. The number of hydrogen-bond donors (Lipinski definition) is 1. The summed E-state index contributed by atoms with van der Waals surface area (Å²) in [5, 5.41) is 3.02. The third kappa shape index (κ3) is 5.44. The molecule has 0 spiro atoms. The summed E-state index contributed by atoms with van der Waals surface area (Å²) in [6.07, 6.45) is 3.55. The van der Waals surface area contributed by atoms with E-state index >= 15 is 0 Å². The first-order chi connectivity index (χ1) is 12.7. The van der Waals surface area contributed by atoms with Crippen molar-refractivity contribution < 1.29 is 4.79 Å². The van der Waals surface area contributed by atoms with Gasteiger partial charge in [0, 0.05) is 56.6 Å². The van der Waals surface area contributed by atoms with Crippen LogP contribution in [-0.4, -0.2) is 65.8 Å². The number of aromatic nitrogens is 2. The highest BCUT2D eigenvalue weighted by atomic mass is 32.2. The minimum atomic E-state index is 0.0922. The van der Waals surface area contributed by atoms with E-state index < -0.39 is 0 Å². The number of nitrogens with zero attached hydrogens (tertiary/aromatic N) is 4. The van der Waals surface area contributed by atoms with Crippen LogP contribution in [0.1, 0.15) is 5.56 Å². The van der Waals surface area contributed by atoms with Crippen molar-refractivity contribution in [3.05, 3.63) is 48.3 Å². The van der Waals surface area contributed by atoms with E-state index in [1.165, 1.54) is 10.5 Å². The fourth-order valence-corrected chi connectivity index (χ4v) is 3.75. The number of aryl methyl sites for hydroxylation is 1. The average molecular weight is 372 g/mol. The number of hydrogen-bond acceptors (Lipinski definition) is 6. The fourth-order valence-electron chi connectivity index (χ4n) is 2.89. The Balaban J connectivity index is 1.32. The molecule has 0 bridgehead atoms. The molecule has 138 valence electrons. The number of anilines is 1.